The Labute approximate surface area is 123 Å². The van der Waals surface area contributed by atoms with Crippen molar-refractivity contribution in [1.82, 2.24) is 15.0 Å². The van der Waals surface area contributed by atoms with Gasteiger partial charge in [0.25, 0.3) is 0 Å². The fraction of sp³-hybridized carbons (Fsp3) is 0. The third-order valence-corrected chi connectivity index (χ3v) is 3.47. The summed E-state index contributed by atoms with van der Waals surface area (Å²) in [5.74, 6) is 0. The lowest BCUT2D eigenvalue weighted by atomic mass is 10.1. The number of rotatable bonds is 2. The number of hydrogen-bond donors (Lipinski definition) is 0. The molecular weight excluding hydrogens is 258 g/mol. The summed E-state index contributed by atoms with van der Waals surface area (Å²) in [7, 11) is 0. The Bertz CT molecular complexity index is 945. The zero-order valence-corrected chi connectivity index (χ0v) is 11.3. The summed E-state index contributed by atoms with van der Waals surface area (Å²) in [5, 5.41) is 10.6. The molecule has 0 aliphatic carbocycles. The molecular formula is C18H13N3. The van der Waals surface area contributed by atoms with E-state index in [-0.39, 0.29) is 0 Å². The van der Waals surface area contributed by atoms with E-state index in [9.17, 15) is 0 Å². The number of benzene rings is 3. The molecule has 0 aliphatic rings. The van der Waals surface area contributed by atoms with E-state index >= 15 is 0 Å². The fourth-order valence-electron chi connectivity index (χ4n) is 2.38. The van der Waals surface area contributed by atoms with Crippen molar-refractivity contribution < 1.29 is 1.37 Å². The second-order valence-electron chi connectivity index (χ2n) is 4.86. The van der Waals surface area contributed by atoms with Crippen LogP contribution in [0.1, 0.15) is 1.37 Å². The Hall–Kier alpha value is -2.94. The molecule has 100 valence electrons. The third kappa shape index (κ3) is 2.19. The van der Waals surface area contributed by atoms with Crippen LogP contribution >= 0.6 is 0 Å². The van der Waals surface area contributed by atoms with Crippen molar-refractivity contribution in [2.75, 3.05) is 0 Å². The Balaban J connectivity index is 1.84. The van der Waals surface area contributed by atoms with Crippen molar-refractivity contribution in [3.8, 4) is 16.9 Å². The van der Waals surface area contributed by atoms with Crippen LogP contribution < -0.4 is 0 Å². The number of hydrogen-bond acceptors (Lipinski definition) is 2. The van der Waals surface area contributed by atoms with Crippen LogP contribution in [0.5, 0.6) is 0 Å². The van der Waals surface area contributed by atoms with E-state index in [2.05, 4.69) is 22.4 Å². The molecule has 0 unspecified atom stereocenters. The van der Waals surface area contributed by atoms with Gasteiger partial charge in [0.1, 0.15) is 5.69 Å². The average molecular weight is 272 g/mol. The Morgan fingerprint density at radius 2 is 1.57 bits per heavy atom. The summed E-state index contributed by atoms with van der Waals surface area (Å²) >= 11 is 0. The zero-order chi connectivity index (χ0) is 14.9. The number of aromatic nitrogens is 3. The molecule has 4 rings (SSSR count). The van der Waals surface area contributed by atoms with Gasteiger partial charge in [0, 0.05) is 5.56 Å². The minimum absolute atomic E-state index is 0.293. The highest BCUT2D eigenvalue weighted by atomic mass is 15.4. The van der Waals surface area contributed by atoms with Gasteiger partial charge in [-0.2, -0.15) is 0 Å². The highest BCUT2D eigenvalue weighted by molar-refractivity contribution is 5.84. The normalized spacial score (nSPS) is 11.5. The first-order chi connectivity index (χ1) is 10.8. The van der Waals surface area contributed by atoms with E-state index in [1.807, 2.05) is 60.7 Å². The summed E-state index contributed by atoms with van der Waals surface area (Å²) in [6, 6.07) is 23.9. The van der Waals surface area contributed by atoms with Gasteiger partial charge in [-0.25, -0.2) is 4.68 Å². The summed E-state index contributed by atoms with van der Waals surface area (Å²) in [6.07, 6.45) is 0.293. The van der Waals surface area contributed by atoms with Crippen LogP contribution in [0.15, 0.2) is 79.0 Å². The maximum Gasteiger partial charge on any atom is 0.113 e. The zero-order valence-electron chi connectivity index (χ0n) is 12.3. The predicted octanol–water partition coefficient (Wildman–Crippen LogP) is 4.09. The number of nitrogens with zero attached hydrogens (tertiary/aromatic N) is 3. The molecule has 0 aliphatic heterocycles. The molecule has 0 atom stereocenters. The van der Waals surface area contributed by atoms with Gasteiger partial charge in [0.2, 0.25) is 0 Å². The van der Waals surface area contributed by atoms with Gasteiger partial charge < -0.3 is 0 Å². The lowest BCUT2D eigenvalue weighted by Crippen LogP contribution is -1.94. The smallest absolute Gasteiger partial charge is 0.113 e. The van der Waals surface area contributed by atoms with Crippen LogP contribution in [0.4, 0.5) is 0 Å². The van der Waals surface area contributed by atoms with Crippen LogP contribution in [-0.4, -0.2) is 15.0 Å². The molecule has 0 saturated carbocycles. The largest absolute Gasteiger partial charge is 0.220 e. The Morgan fingerprint density at radius 1 is 0.810 bits per heavy atom. The molecule has 0 radical (unpaired) electrons. The topological polar surface area (TPSA) is 30.7 Å². The Kier molecular flexibility index (Phi) is 2.50. The molecule has 21 heavy (non-hydrogen) atoms. The molecule has 0 N–H and O–H groups in total. The van der Waals surface area contributed by atoms with Crippen molar-refractivity contribution in [3.63, 3.8) is 0 Å². The first-order valence-corrected chi connectivity index (χ1v) is 6.80. The minimum atomic E-state index is 0.293. The van der Waals surface area contributed by atoms with E-state index < -0.39 is 0 Å². The highest BCUT2D eigenvalue weighted by Crippen LogP contribution is 2.20. The SMILES string of the molecule is [2H]c1c(-c2ccccc2)nnn1-c1ccc2ccccc2c1. The van der Waals surface area contributed by atoms with Crippen molar-refractivity contribution >= 4 is 10.8 Å². The second kappa shape index (κ2) is 4.87. The molecule has 3 heteroatoms. The second-order valence-corrected chi connectivity index (χ2v) is 4.86. The monoisotopic (exact) mass is 272 g/mol. The van der Waals surface area contributed by atoms with Gasteiger partial charge in [0.05, 0.1) is 13.2 Å². The molecule has 0 spiro atoms. The van der Waals surface area contributed by atoms with E-state index in [0.717, 1.165) is 16.6 Å². The van der Waals surface area contributed by atoms with Crippen molar-refractivity contribution in [2.24, 2.45) is 0 Å². The van der Waals surface area contributed by atoms with Crippen molar-refractivity contribution in [3.05, 3.63) is 79.0 Å². The molecule has 0 amide bonds. The van der Waals surface area contributed by atoms with Gasteiger partial charge in [0.15, 0.2) is 0 Å². The van der Waals surface area contributed by atoms with Crippen LogP contribution in [0, 0.1) is 0 Å². The summed E-state index contributed by atoms with van der Waals surface area (Å²) in [5.41, 5.74) is 2.34. The Morgan fingerprint density at radius 3 is 2.43 bits per heavy atom. The molecule has 1 heterocycles. The van der Waals surface area contributed by atoms with E-state index in [4.69, 9.17) is 1.37 Å². The van der Waals surface area contributed by atoms with Crippen molar-refractivity contribution in [1.29, 1.82) is 0 Å². The van der Waals surface area contributed by atoms with Gasteiger partial charge in [-0.3, -0.25) is 0 Å². The summed E-state index contributed by atoms with van der Waals surface area (Å²) < 4.78 is 9.91. The first kappa shape index (κ1) is 10.8. The molecule has 1 aromatic heterocycles. The average Bonchev–Trinajstić information content (AvgIpc) is 2.97. The van der Waals surface area contributed by atoms with E-state index in [1.165, 1.54) is 5.39 Å². The van der Waals surface area contributed by atoms with Crippen LogP contribution in [-0.2, 0) is 0 Å². The van der Waals surface area contributed by atoms with Gasteiger partial charge >= 0.3 is 0 Å². The lowest BCUT2D eigenvalue weighted by Gasteiger charge is -2.02. The molecule has 3 aromatic carbocycles. The lowest BCUT2D eigenvalue weighted by molar-refractivity contribution is 0.805. The van der Waals surface area contributed by atoms with Gasteiger partial charge in [-0.05, 0) is 22.9 Å². The maximum absolute atomic E-state index is 8.35. The van der Waals surface area contributed by atoms with Crippen LogP contribution in [0.2, 0.25) is 0 Å². The predicted molar refractivity (Wildman–Crippen MR) is 84.3 cm³/mol. The molecule has 4 aromatic rings. The number of fused-ring (bicyclic) bond motifs is 1. The molecule has 0 bridgehead atoms. The van der Waals surface area contributed by atoms with E-state index in [0.29, 0.717) is 11.9 Å². The van der Waals surface area contributed by atoms with Crippen LogP contribution in [0.3, 0.4) is 0 Å². The van der Waals surface area contributed by atoms with Gasteiger partial charge in [-0.15, -0.1) is 5.10 Å². The fourth-order valence-corrected chi connectivity index (χ4v) is 2.38. The first-order valence-electron chi connectivity index (χ1n) is 7.30. The molecule has 0 fully saturated rings. The third-order valence-electron chi connectivity index (χ3n) is 3.47. The summed E-state index contributed by atoms with van der Waals surface area (Å²) in [6.45, 7) is 0. The minimum Gasteiger partial charge on any atom is -0.220 e. The van der Waals surface area contributed by atoms with E-state index in [1.54, 1.807) is 4.68 Å². The molecule has 3 nitrogen and oxygen atoms in total. The maximum atomic E-state index is 8.35. The van der Waals surface area contributed by atoms with Crippen molar-refractivity contribution in [2.45, 2.75) is 0 Å². The van der Waals surface area contributed by atoms with Crippen LogP contribution in [0.25, 0.3) is 27.7 Å². The molecule has 0 saturated heterocycles. The highest BCUT2D eigenvalue weighted by Gasteiger charge is 2.05. The standard InChI is InChI=1S/C18H13N3/c1-2-7-15(8-3-1)18-13-21(20-19-18)17-11-10-14-6-4-5-9-16(14)12-17/h1-13H/i13D. The quantitative estimate of drug-likeness (QED) is 0.550. The van der Waals surface area contributed by atoms with Gasteiger partial charge in [-0.1, -0.05) is 65.9 Å². The summed E-state index contributed by atoms with van der Waals surface area (Å²) in [4.78, 5) is 0.